The van der Waals surface area contributed by atoms with Crippen molar-refractivity contribution in [2.75, 3.05) is 5.43 Å². The van der Waals surface area contributed by atoms with E-state index in [1.807, 2.05) is 6.92 Å². The molecule has 0 spiro atoms. The number of rotatable bonds is 5. The van der Waals surface area contributed by atoms with E-state index in [-0.39, 0.29) is 18.8 Å². The number of aromatic nitrogens is 4. The number of pyridine rings is 1. The van der Waals surface area contributed by atoms with Crippen LogP contribution in [0.15, 0.2) is 34.4 Å². The second-order valence-corrected chi connectivity index (χ2v) is 7.53. The SMILES string of the molecule is C=NC(=NC1CC(F)(F)C1)Nn1ccc(-c2ccc3nc(C)n(CC(F)F)c3n2)c1C. The zero-order chi connectivity index (χ0) is 22.3. The van der Waals surface area contributed by atoms with E-state index in [1.165, 1.54) is 4.57 Å². The van der Waals surface area contributed by atoms with Gasteiger partial charge in [0.25, 0.3) is 12.3 Å². The number of nitrogens with zero attached hydrogens (tertiary/aromatic N) is 6. The second-order valence-electron chi connectivity index (χ2n) is 7.53. The Bertz CT molecular complexity index is 1150. The predicted molar refractivity (Wildman–Crippen MR) is 111 cm³/mol. The first-order chi connectivity index (χ1) is 14.7. The molecule has 0 saturated heterocycles. The van der Waals surface area contributed by atoms with Crippen LogP contribution >= 0.6 is 0 Å². The van der Waals surface area contributed by atoms with E-state index in [0.29, 0.717) is 22.7 Å². The van der Waals surface area contributed by atoms with Crippen LogP contribution in [-0.4, -0.2) is 50.3 Å². The monoisotopic (exact) mass is 435 g/mol. The fraction of sp³-hybridized carbons (Fsp3) is 0.400. The third-order valence-electron chi connectivity index (χ3n) is 5.26. The molecule has 1 fully saturated rings. The highest BCUT2D eigenvalue weighted by Crippen LogP contribution is 2.39. The smallest absolute Gasteiger partial charge is 0.256 e. The van der Waals surface area contributed by atoms with Crippen molar-refractivity contribution in [3.05, 3.63) is 35.9 Å². The first-order valence-corrected chi connectivity index (χ1v) is 9.66. The Labute approximate surface area is 175 Å². The summed E-state index contributed by atoms with van der Waals surface area (Å²) in [4.78, 5) is 16.8. The molecule has 164 valence electrons. The lowest BCUT2D eigenvalue weighted by molar-refractivity contribution is -0.0834. The molecule has 11 heteroatoms. The van der Waals surface area contributed by atoms with Crippen LogP contribution in [0.25, 0.3) is 22.4 Å². The summed E-state index contributed by atoms with van der Waals surface area (Å²) in [6, 6.07) is 4.81. The highest BCUT2D eigenvalue weighted by molar-refractivity contribution is 5.91. The lowest BCUT2D eigenvalue weighted by Crippen LogP contribution is -2.39. The fourth-order valence-electron chi connectivity index (χ4n) is 3.63. The molecular weight excluding hydrogens is 414 g/mol. The molecule has 0 aliphatic heterocycles. The first-order valence-electron chi connectivity index (χ1n) is 9.66. The standard InChI is InChI=1S/C20H21F4N7/c1-11-14(6-7-31(11)29-19(25-3)27-13-8-20(23,24)9-13)15-4-5-16-18(28-15)30(10-17(21)22)12(2)26-16/h4-7,13,17H,3,8-10H2,1-2H3,(H,27,29). The molecule has 0 bridgehead atoms. The zero-order valence-electron chi connectivity index (χ0n) is 17.0. The molecular formula is C20H21F4N7. The molecule has 0 aromatic carbocycles. The number of aliphatic imine (C=N–C) groups is 2. The summed E-state index contributed by atoms with van der Waals surface area (Å²) in [5, 5.41) is 0. The van der Waals surface area contributed by atoms with Gasteiger partial charge in [0.1, 0.15) is 11.3 Å². The molecule has 0 amide bonds. The zero-order valence-corrected chi connectivity index (χ0v) is 17.0. The summed E-state index contributed by atoms with van der Waals surface area (Å²) < 4.78 is 55.0. The van der Waals surface area contributed by atoms with Gasteiger partial charge in [-0.15, -0.1) is 0 Å². The van der Waals surface area contributed by atoms with Crippen LogP contribution in [0, 0.1) is 13.8 Å². The quantitative estimate of drug-likeness (QED) is 0.371. The van der Waals surface area contributed by atoms with Gasteiger partial charge in [-0.1, -0.05) is 0 Å². The molecule has 3 heterocycles. The minimum absolute atomic E-state index is 0.139. The van der Waals surface area contributed by atoms with Gasteiger partial charge in [-0.25, -0.2) is 37.5 Å². The van der Waals surface area contributed by atoms with Crippen LogP contribution < -0.4 is 5.43 Å². The highest BCUT2D eigenvalue weighted by atomic mass is 19.3. The van der Waals surface area contributed by atoms with Crippen molar-refractivity contribution in [3.8, 4) is 11.3 Å². The summed E-state index contributed by atoms with van der Waals surface area (Å²) in [7, 11) is 0. The minimum Gasteiger partial charge on any atom is -0.307 e. The molecule has 4 rings (SSSR count). The van der Waals surface area contributed by atoms with Crippen LogP contribution in [0.5, 0.6) is 0 Å². The van der Waals surface area contributed by atoms with Crippen molar-refractivity contribution in [1.29, 1.82) is 0 Å². The van der Waals surface area contributed by atoms with Crippen molar-refractivity contribution in [3.63, 3.8) is 0 Å². The number of halogens is 4. The normalized spacial score (nSPS) is 16.7. The Morgan fingerprint density at radius 1 is 1.26 bits per heavy atom. The van der Waals surface area contributed by atoms with E-state index in [4.69, 9.17) is 0 Å². The number of alkyl halides is 4. The van der Waals surface area contributed by atoms with E-state index in [1.54, 1.807) is 36.0 Å². The van der Waals surface area contributed by atoms with Crippen LogP contribution in [0.3, 0.4) is 0 Å². The predicted octanol–water partition coefficient (Wildman–Crippen LogP) is 4.18. The van der Waals surface area contributed by atoms with Crippen LogP contribution in [0.2, 0.25) is 0 Å². The molecule has 7 nitrogen and oxygen atoms in total. The van der Waals surface area contributed by atoms with Gasteiger partial charge in [-0.2, -0.15) is 0 Å². The number of imidazole rings is 1. The Balaban J connectivity index is 1.61. The maximum atomic E-state index is 13.0. The molecule has 0 radical (unpaired) electrons. The summed E-state index contributed by atoms with van der Waals surface area (Å²) in [5.41, 5.74) is 5.96. The molecule has 31 heavy (non-hydrogen) atoms. The van der Waals surface area contributed by atoms with E-state index >= 15 is 0 Å². The lowest BCUT2D eigenvalue weighted by Gasteiger charge is -2.32. The van der Waals surface area contributed by atoms with Crippen molar-refractivity contribution in [1.82, 2.24) is 19.2 Å². The van der Waals surface area contributed by atoms with Gasteiger partial charge < -0.3 is 4.57 Å². The number of guanidine groups is 1. The average Bonchev–Trinajstić information content (AvgIpc) is 3.19. The van der Waals surface area contributed by atoms with E-state index in [0.717, 1.165) is 11.3 Å². The summed E-state index contributed by atoms with van der Waals surface area (Å²) in [6.45, 7) is 6.45. The fourth-order valence-corrected chi connectivity index (χ4v) is 3.63. The molecule has 0 unspecified atom stereocenters. The van der Waals surface area contributed by atoms with Gasteiger partial charge in [0.15, 0.2) is 5.65 Å². The Kier molecular flexibility index (Phi) is 5.28. The number of nitrogens with one attached hydrogen (secondary N) is 1. The summed E-state index contributed by atoms with van der Waals surface area (Å²) in [6.07, 6.45) is -1.42. The molecule has 3 aromatic rings. The molecule has 1 N–H and O–H groups in total. The topological polar surface area (TPSA) is 72.4 Å². The van der Waals surface area contributed by atoms with Crippen LogP contribution in [0.4, 0.5) is 17.6 Å². The van der Waals surface area contributed by atoms with Gasteiger partial charge in [0, 0.05) is 30.3 Å². The second kappa shape index (κ2) is 7.78. The van der Waals surface area contributed by atoms with Crippen LogP contribution in [0.1, 0.15) is 24.4 Å². The summed E-state index contributed by atoms with van der Waals surface area (Å²) >= 11 is 0. The van der Waals surface area contributed by atoms with Crippen molar-refractivity contribution >= 4 is 23.8 Å². The average molecular weight is 435 g/mol. The largest absolute Gasteiger partial charge is 0.307 e. The minimum atomic E-state index is -2.67. The van der Waals surface area contributed by atoms with Gasteiger partial charge in [-0.05, 0) is 38.8 Å². The molecule has 0 atom stereocenters. The first kappa shape index (κ1) is 21.0. The van der Waals surface area contributed by atoms with Gasteiger partial charge in [0.05, 0.1) is 18.3 Å². The number of fused-ring (bicyclic) bond motifs is 1. The number of hydrogen-bond acceptors (Lipinski definition) is 3. The molecule has 1 aliphatic carbocycles. The third-order valence-corrected chi connectivity index (χ3v) is 5.26. The highest BCUT2D eigenvalue weighted by Gasteiger charge is 2.45. The van der Waals surface area contributed by atoms with E-state index in [2.05, 4.69) is 32.1 Å². The number of aryl methyl sites for hydroxylation is 1. The van der Waals surface area contributed by atoms with Crippen LogP contribution in [-0.2, 0) is 6.54 Å². The Morgan fingerprint density at radius 3 is 2.65 bits per heavy atom. The van der Waals surface area contributed by atoms with E-state index < -0.39 is 24.9 Å². The van der Waals surface area contributed by atoms with Gasteiger partial charge in [-0.3, -0.25) is 10.1 Å². The Morgan fingerprint density at radius 2 is 2.00 bits per heavy atom. The van der Waals surface area contributed by atoms with Gasteiger partial charge in [0.2, 0.25) is 5.96 Å². The third kappa shape index (κ3) is 4.17. The van der Waals surface area contributed by atoms with Gasteiger partial charge >= 0.3 is 0 Å². The molecule has 1 aliphatic rings. The maximum Gasteiger partial charge on any atom is 0.256 e. The lowest BCUT2D eigenvalue weighted by atomic mass is 9.89. The molecule has 3 aromatic heterocycles. The molecule has 1 saturated carbocycles. The maximum absolute atomic E-state index is 13.0. The Hall–Kier alpha value is -3.24. The van der Waals surface area contributed by atoms with Crippen molar-refractivity contribution in [2.45, 2.75) is 51.6 Å². The summed E-state index contributed by atoms with van der Waals surface area (Å²) in [5.74, 6) is -2.06. The van der Waals surface area contributed by atoms with E-state index in [9.17, 15) is 17.6 Å². The van der Waals surface area contributed by atoms with Crippen molar-refractivity contribution in [2.24, 2.45) is 9.98 Å². The van der Waals surface area contributed by atoms with Crippen molar-refractivity contribution < 1.29 is 17.6 Å². The number of hydrogen-bond donors (Lipinski definition) is 1.